The van der Waals surface area contributed by atoms with E-state index in [9.17, 15) is 13.2 Å². The fourth-order valence-corrected chi connectivity index (χ4v) is 5.36. The number of aryl methyl sites for hydroxylation is 1. The number of oxazole rings is 2. The van der Waals surface area contributed by atoms with Crippen LogP contribution < -0.4 is 5.76 Å². The molecule has 9 nitrogen and oxygen atoms in total. The molecule has 2 aromatic heterocycles. The van der Waals surface area contributed by atoms with Gasteiger partial charge in [-0.1, -0.05) is 0 Å². The van der Waals surface area contributed by atoms with Crippen LogP contribution in [0, 0.1) is 0 Å². The molecule has 3 aromatic rings. The second-order valence-corrected chi connectivity index (χ2v) is 9.39. The summed E-state index contributed by atoms with van der Waals surface area (Å²) in [6, 6.07) is 4.45. The zero-order valence-electron chi connectivity index (χ0n) is 16.0. The molecule has 0 radical (unpaired) electrons. The van der Waals surface area contributed by atoms with Crippen LogP contribution >= 0.6 is 0 Å². The summed E-state index contributed by atoms with van der Waals surface area (Å²) in [5.74, 6) is 1.16. The van der Waals surface area contributed by atoms with Gasteiger partial charge in [-0.2, -0.15) is 4.31 Å². The lowest BCUT2D eigenvalue weighted by Crippen LogP contribution is -2.35. The Labute approximate surface area is 166 Å². The van der Waals surface area contributed by atoms with E-state index in [1.807, 2.05) is 0 Å². The molecule has 29 heavy (non-hydrogen) atoms. The Hall–Kier alpha value is -2.43. The van der Waals surface area contributed by atoms with Gasteiger partial charge in [-0.05, 0) is 31.0 Å². The predicted molar refractivity (Wildman–Crippen MR) is 102 cm³/mol. The van der Waals surface area contributed by atoms with E-state index in [1.54, 1.807) is 7.05 Å². The second kappa shape index (κ2) is 6.82. The summed E-state index contributed by atoms with van der Waals surface area (Å²) in [5.41, 5.74) is 1.48. The molecule has 5 rings (SSSR count). The summed E-state index contributed by atoms with van der Waals surface area (Å²) in [6.07, 6.45) is 2.22. The maximum Gasteiger partial charge on any atom is 0.419 e. The van der Waals surface area contributed by atoms with Gasteiger partial charge in [-0.3, -0.25) is 4.57 Å². The number of hydrogen-bond acceptors (Lipinski definition) is 7. The zero-order valence-corrected chi connectivity index (χ0v) is 16.8. The maximum atomic E-state index is 13.2. The highest BCUT2D eigenvalue weighted by molar-refractivity contribution is 7.89. The average Bonchev–Trinajstić information content (AvgIpc) is 3.29. The largest absolute Gasteiger partial charge is 0.445 e. The third-order valence-corrected chi connectivity index (χ3v) is 7.52. The SMILES string of the molecule is Cn1c(=O)oc2ccc(S(=O)(=O)N3CCc4oc(C5CCOCC5)nc4C3)cc21. The molecule has 0 N–H and O–H groups in total. The molecule has 2 aliphatic rings. The molecule has 0 aliphatic carbocycles. The van der Waals surface area contributed by atoms with Crippen LogP contribution in [0.2, 0.25) is 0 Å². The number of ether oxygens (including phenoxy) is 1. The highest BCUT2D eigenvalue weighted by Gasteiger charge is 2.33. The smallest absolute Gasteiger partial charge is 0.419 e. The first-order chi connectivity index (χ1) is 13.9. The molecular formula is C19H21N3O6S. The zero-order chi connectivity index (χ0) is 20.2. The summed E-state index contributed by atoms with van der Waals surface area (Å²) in [5, 5.41) is 0. The molecule has 0 spiro atoms. The lowest BCUT2D eigenvalue weighted by atomic mass is 10.0. The van der Waals surface area contributed by atoms with Crippen LogP contribution in [0.15, 0.2) is 36.7 Å². The molecule has 0 atom stereocenters. The number of rotatable bonds is 3. The Morgan fingerprint density at radius 1 is 1.17 bits per heavy atom. The molecule has 4 heterocycles. The first-order valence-corrected chi connectivity index (χ1v) is 11.0. The van der Waals surface area contributed by atoms with Gasteiger partial charge in [0.1, 0.15) is 5.76 Å². The van der Waals surface area contributed by atoms with Gasteiger partial charge >= 0.3 is 5.76 Å². The van der Waals surface area contributed by atoms with E-state index in [0.717, 1.165) is 18.6 Å². The summed E-state index contributed by atoms with van der Waals surface area (Å²) in [4.78, 5) is 16.4. The number of nitrogens with zero attached hydrogens (tertiary/aromatic N) is 3. The number of sulfonamides is 1. The van der Waals surface area contributed by atoms with Gasteiger partial charge in [-0.15, -0.1) is 0 Å². The summed E-state index contributed by atoms with van der Waals surface area (Å²) in [6.45, 7) is 1.88. The quantitative estimate of drug-likeness (QED) is 0.636. The van der Waals surface area contributed by atoms with Crippen molar-refractivity contribution in [1.82, 2.24) is 13.9 Å². The lowest BCUT2D eigenvalue weighted by Gasteiger charge is -2.24. The highest BCUT2D eigenvalue weighted by Crippen LogP contribution is 2.32. The highest BCUT2D eigenvalue weighted by atomic mass is 32.2. The normalized spacial score (nSPS) is 18.9. The number of benzene rings is 1. The average molecular weight is 419 g/mol. The van der Waals surface area contributed by atoms with E-state index in [-0.39, 0.29) is 17.4 Å². The van der Waals surface area contributed by atoms with Crippen LogP contribution in [0.1, 0.15) is 36.1 Å². The maximum absolute atomic E-state index is 13.2. The Morgan fingerprint density at radius 2 is 1.97 bits per heavy atom. The van der Waals surface area contributed by atoms with Gasteiger partial charge in [0.2, 0.25) is 10.0 Å². The Bertz CT molecular complexity index is 1230. The van der Waals surface area contributed by atoms with Gasteiger partial charge in [0, 0.05) is 39.1 Å². The van der Waals surface area contributed by atoms with Gasteiger partial charge in [0.25, 0.3) is 0 Å². The monoisotopic (exact) mass is 419 g/mol. The van der Waals surface area contributed by atoms with E-state index in [1.165, 1.54) is 27.1 Å². The van der Waals surface area contributed by atoms with E-state index >= 15 is 0 Å². The van der Waals surface area contributed by atoms with E-state index in [2.05, 4.69) is 4.98 Å². The molecule has 0 unspecified atom stereocenters. The van der Waals surface area contributed by atoms with Gasteiger partial charge < -0.3 is 13.6 Å². The molecular weight excluding hydrogens is 398 g/mol. The van der Waals surface area contributed by atoms with Crippen molar-refractivity contribution in [3.63, 3.8) is 0 Å². The molecule has 1 aromatic carbocycles. The number of fused-ring (bicyclic) bond motifs is 2. The van der Waals surface area contributed by atoms with Crippen molar-refractivity contribution in [2.24, 2.45) is 7.05 Å². The first kappa shape index (κ1) is 18.6. The van der Waals surface area contributed by atoms with Crippen LogP contribution in [-0.2, 0) is 34.8 Å². The van der Waals surface area contributed by atoms with Crippen LogP contribution in [0.5, 0.6) is 0 Å². The standard InChI is InChI=1S/C19H21N3O6S/c1-21-15-10-13(2-3-17(15)28-19(21)23)29(24,25)22-7-4-16-14(11-22)20-18(27-16)12-5-8-26-9-6-12/h2-3,10,12H,4-9,11H2,1H3. The molecule has 2 aliphatic heterocycles. The van der Waals surface area contributed by atoms with Gasteiger partial charge in [0.05, 0.1) is 22.7 Å². The van der Waals surface area contributed by atoms with Crippen molar-refractivity contribution in [3.8, 4) is 0 Å². The second-order valence-electron chi connectivity index (χ2n) is 7.45. The van der Waals surface area contributed by atoms with E-state index in [0.29, 0.717) is 48.9 Å². The van der Waals surface area contributed by atoms with E-state index in [4.69, 9.17) is 13.6 Å². The van der Waals surface area contributed by atoms with Crippen molar-refractivity contribution in [2.45, 2.75) is 36.6 Å². The van der Waals surface area contributed by atoms with Crippen molar-refractivity contribution in [3.05, 3.63) is 46.1 Å². The van der Waals surface area contributed by atoms with Gasteiger partial charge in [0.15, 0.2) is 11.5 Å². The molecule has 0 amide bonds. The predicted octanol–water partition coefficient (Wildman–Crippen LogP) is 1.76. The molecule has 154 valence electrons. The molecule has 0 bridgehead atoms. The minimum atomic E-state index is -3.74. The van der Waals surface area contributed by atoms with Gasteiger partial charge in [-0.25, -0.2) is 18.2 Å². The van der Waals surface area contributed by atoms with Crippen LogP contribution in [0.4, 0.5) is 0 Å². The summed E-state index contributed by atoms with van der Waals surface area (Å²) in [7, 11) is -2.20. The third-order valence-electron chi connectivity index (χ3n) is 5.68. The third kappa shape index (κ3) is 3.11. The van der Waals surface area contributed by atoms with Crippen molar-refractivity contribution in [1.29, 1.82) is 0 Å². The van der Waals surface area contributed by atoms with Crippen LogP contribution in [0.3, 0.4) is 0 Å². The molecule has 1 saturated heterocycles. The lowest BCUT2D eigenvalue weighted by molar-refractivity contribution is 0.0791. The Kier molecular flexibility index (Phi) is 4.37. The number of hydrogen-bond donors (Lipinski definition) is 0. The van der Waals surface area contributed by atoms with Crippen molar-refractivity contribution < 1.29 is 22.0 Å². The Morgan fingerprint density at radius 3 is 2.76 bits per heavy atom. The first-order valence-electron chi connectivity index (χ1n) is 9.59. The summed E-state index contributed by atoms with van der Waals surface area (Å²) >= 11 is 0. The fraction of sp³-hybridized carbons (Fsp3) is 0.474. The Balaban J connectivity index is 1.44. The topological polar surface area (TPSA) is 108 Å². The molecule has 1 fully saturated rings. The minimum absolute atomic E-state index is 0.123. The molecule has 0 saturated carbocycles. The number of aromatic nitrogens is 2. The minimum Gasteiger partial charge on any atom is -0.445 e. The molecule has 10 heteroatoms. The summed E-state index contributed by atoms with van der Waals surface area (Å²) < 4.78 is 45.5. The van der Waals surface area contributed by atoms with Crippen LogP contribution in [0.25, 0.3) is 11.1 Å². The van der Waals surface area contributed by atoms with Crippen LogP contribution in [-0.4, -0.2) is 42.0 Å². The van der Waals surface area contributed by atoms with Crippen molar-refractivity contribution in [2.75, 3.05) is 19.8 Å². The van der Waals surface area contributed by atoms with Crippen molar-refractivity contribution >= 4 is 21.1 Å². The van der Waals surface area contributed by atoms with E-state index < -0.39 is 15.8 Å². The fourth-order valence-electron chi connectivity index (χ4n) is 3.93.